The first kappa shape index (κ1) is 18.5. The Labute approximate surface area is 143 Å². The first-order valence-corrected chi connectivity index (χ1v) is 9.54. The molecule has 1 aliphatic rings. The molecule has 0 saturated carbocycles. The molecule has 0 aliphatic carbocycles. The first-order valence-electron chi connectivity index (χ1n) is 8.10. The van der Waals surface area contributed by atoms with Gasteiger partial charge >= 0.3 is 0 Å². The second-order valence-electron chi connectivity index (χ2n) is 5.52. The lowest BCUT2D eigenvalue weighted by Crippen LogP contribution is -2.50. The van der Waals surface area contributed by atoms with Crippen molar-refractivity contribution in [2.75, 3.05) is 32.8 Å². The number of rotatable bonds is 7. The highest BCUT2D eigenvalue weighted by molar-refractivity contribution is 7.89. The van der Waals surface area contributed by atoms with Crippen molar-refractivity contribution in [3.8, 4) is 5.75 Å². The highest BCUT2D eigenvalue weighted by Crippen LogP contribution is 2.21. The zero-order chi connectivity index (χ0) is 17.6. The molecule has 1 saturated heterocycles. The van der Waals surface area contributed by atoms with Crippen LogP contribution in [0.1, 0.15) is 19.8 Å². The van der Waals surface area contributed by atoms with E-state index in [1.165, 1.54) is 4.31 Å². The van der Waals surface area contributed by atoms with Gasteiger partial charge in [0.05, 0.1) is 11.5 Å². The first-order chi connectivity index (χ1) is 11.5. The van der Waals surface area contributed by atoms with Crippen LogP contribution in [0.2, 0.25) is 0 Å². The van der Waals surface area contributed by atoms with Gasteiger partial charge in [-0.25, -0.2) is 8.42 Å². The van der Waals surface area contributed by atoms with Crippen LogP contribution in [0.3, 0.4) is 0 Å². The number of benzene rings is 1. The molecule has 24 heavy (non-hydrogen) atoms. The molecule has 132 valence electrons. The number of carbonyl (C=O) groups is 1. The maximum absolute atomic E-state index is 12.7. The standard InChI is InChI=1S/C17H24N2O4S/c1-3-5-6-17(20)18-11-13-19(14-12-18)24(21,22)16-9-7-15(8-10-16)23-4-2/h3,7-10H,1,4-6,11-14H2,2H3. The van der Waals surface area contributed by atoms with E-state index in [1.807, 2.05) is 6.92 Å². The summed E-state index contributed by atoms with van der Waals surface area (Å²) in [6.07, 6.45) is 2.78. The molecule has 0 atom stereocenters. The van der Waals surface area contributed by atoms with Gasteiger partial charge in [-0.2, -0.15) is 4.31 Å². The Kier molecular flexibility index (Phi) is 6.39. The predicted molar refractivity (Wildman–Crippen MR) is 92.4 cm³/mol. The van der Waals surface area contributed by atoms with E-state index in [-0.39, 0.29) is 10.8 Å². The van der Waals surface area contributed by atoms with Crippen LogP contribution in [0.4, 0.5) is 0 Å². The summed E-state index contributed by atoms with van der Waals surface area (Å²) < 4.78 is 32.1. The molecule has 0 spiro atoms. The van der Waals surface area contributed by atoms with Gasteiger partial charge in [-0.1, -0.05) is 6.08 Å². The second-order valence-corrected chi connectivity index (χ2v) is 7.45. The Balaban J connectivity index is 1.99. The third kappa shape index (κ3) is 4.36. The Bertz CT molecular complexity index is 662. The molecule has 2 rings (SSSR count). The second kappa shape index (κ2) is 8.30. The SMILES string of the molecule is C=CCCC(=O)N1CCN(S(=O)(=O)c2ccc(OCC)cc2)CC1. The molecule has 0 bridgehead atoms. The van der Waals surface area contributed by atoms with Crippen molar-refractivity contribution in [1.29, 1.82) is 0 Å². The van der Waals surface area contributed by atoms with E-state index in [9.17, 15) is 13.2 Å². The molecule has 1 aromatic rings. The molecule has 1 aromatic carbocycles. The minimum Gasteiger partial charge on any atom is -0.494 e. The Morgan fingerprint density at radius 2 is 1.83 bits per heavy atom. The van der Waals surface area contributed by atoms with E-state index < -0.39 is 10.0 Å². The fourth-order valence-electron chi connectivity index (χ4n) is 2.59. The van der Waals surface area contributed by atoms with Crippen LogP contribution in [0, 0.1) is 0 Å². The summed E-state index contributed by atoms with van der Waals surface area (Å²) in [4.78, 5) is 13.9. The summed E-state index contributed by atoms with van der Waals surface area (Å²) in [5.41, 5.74) is 0. The maximum Gasteiger partial charge on any atom is 0.243 e. The molecule has 1 heterocycles. The van der Waals surface area contributed by atoms with Gasteiger partial charge in [0.15, 0.2) is 0 Å². The number of ether oxygens (including phenoxy) is 1. The Morgan fingerprint density at radius 3 is 2.38 bits per heavy atom. The van der Waals surface area contributed by atoms with Crippen LogP contribution < -0.4 is 4.74 Å². The average molecular weight is 352 g/mol. The molecular weight excluding hydrogens is 328 g/mol. The van der Waals surface area contributed by atoms with Crippen molar-refractivity contribution < 1.29 is 17.9 Å². The number of hydrogen-bond acceptors (Lipinski definition) is 4. The Morgan fingerprint density at radius 1 is 1.21 bits per heavy atom. The molecule has 0 N–H and O–H groups in total. The summed E-state index contributed by atoms with van der Waals surface area (Å²) >= 11 is 0. The zero-order valence-electron chi connectivity index (χ0n) is 14.0. The van der Waals surface area contributed by atoms with Crippen molar-refractivity contribution in [2.45, 2.75) is 24.7 Å². The summed E-state index contributed by atoms with van der Waals surface area (Å²) in [6.45, 7) is 7.49. The summed E-state index contributed by atoms with van der Waals surface area (Å²) in [5, 5.41) is 0. The van der Waals surface area contributed by atoms with Gasteiger partial charge in [0.2, 0.25) is 15.9 Å². The molecular formula is C17H24N2O4S. The molecule has 1 fully saturated rings. The van der Waals surface area contributed by atoms with E-state index in [0.29, 0.717) is 51.4 Å². The normalized spacial score (nSPS) is 16.0. The lowest BCUT2D eigenvalue weighted by molar-refractivity contribution is -0.132. The molecule has 0 aromatic heterocycles. The topological polar surface area (TPSA) is 66.9 Å². The fraction of sp³-hybridized carbons (Fsp3) is 0.471. The van der Waals surface area contributed by atoms with Crippen LogP contribution >= 0.6 is 0 Å². The van der Waals surface area contributed by atoms with Crippen molar-refractivity contribution >= 4 is 15.9 Å². The van der Waals surface area contributed by atoms with E-state index in [2.05, 4.69) is 6.58 Å². The zero-order valence-corrected chi connectivity index (χ0v) is 14.8. The number of hydrogen-bond donors (Lipinski definition) is 0. The molecule has 1 amide bonds. The summed E-state index contributed by atoms with van der Waals surface area (Å²) in [7, 11) is -3.54. The molecule has 0 unspecified atom stereocenters. The van der Waals surface area contributed by atoms with Gasteiger partial charge in [-0.3, -0.25) is 4.79 Å². The van der Waals surface area contributed by atoms with Gasteiger partial charge in [-0.05, 0) is 37.6 Å². The van der Waals surface area contributed by atoms with Crippen molar-refractivity contribution in [1.82, 2.24) is 9.21 Å². The molecule has 7 heteroatoms. The fourth-order valence-corrected chi connectivity index (χ4v) is 4.01. The van der Waals surface area contributed by atoms with Crippen LogP contribution in [0.25, 0.3) is 0 Å². The number of sulfonamides is 1. The number of carbonyl (C=O) groups excluding carboxylic acids is 1. The van der Waals surface area contributed by atoms with Crippen LogP contribution in [0.5, 0.6) is 5.75 Å². The summed E-state index contributed by atoms with van der Waals surface area (Å²) in [5.74, 6) is 0.696. The lowest BCUT2D eigenvalue weighted by atomic mass is 10.2. The lowest BCUT2D eigenvalue weighted by Gasteiger charge is -2.34. The molecule has 1 aliphatic heterocycles. The van der Waals surface area contributed by atoms with Gasteiger partial charge < -0.3 is 9.64 Å². The minimum absolute atomic E-state index is 0.0491. The quantitative estimate of drug-likeness (QED) is 0.703. The Hall–Kier alpha value is -1.86. The van der Waals surface area contributed by atoms with E-state index in [1.54, 1.807) is 35.2 Å². The van der Waals surface area contributed by atoms with Crippen molar-refractivity contribution in [3.05, 3.63) is 36.9 Å². The minimum atomic E-state index is -3.54. The van der Waals surface area contributed by atoms with Gasteiger partial charge in [0.25, 0.3) is 0 Å². The molecule has 0 radical (unpaired) electrons. The third-order valence-corrected chi connectivity index (χ3v) is 5.84. The van der Waals surface area contributed by atoms with Crippen LogP contribution in [-0.2, 0) is 14.8 Å². The van der Waals surface area contributed by atoms with Crippen molar-refractivity contribution in [3.63, 3.8) is 0 Å². The van der Waals surface area contributed by atoms with Crippen LogP contribution in [0.15, 0.2) is 41.8 Å². The highest BCUT2D eigenvalue weighted by atomic mass is 32.2. The van der Waals surface area contributed by atoms with E-state index in [4.69, 9.17) is 4.74 Å². The monoisotopic (exact) mass is 352 g/mol. The summed E-state index contributed by atoms with van der Waals surface area (Å²) in [6, 6.07) is 6.43. The van der Waals surface area contributed by atoms with Crippen LogP contribution in [-0.4, -0.2) is 56.3 Å². The number of piperazine rings is 1. The van der Waals surface area contributed by atoms with Gasteiger partial charge in [0, 0.05) is 32.6 Å². The highest BCUT2D eigenvalue weighted by Gasteiger charge is 2.29. The maximum atomic E-state index is 12.7. The average Bonchev–Trinajstić information content (AvgIpc) is 2.60. The van der Waals surface area contributed by atoms with Crippen molar-refractivity contribution in [2.24, 2.45) is 0 Å². The van der Waals surface area contributed by atoms with E-state index >= 15 is 0 Å². The van der Waals surface area contributed by atoms with E-state index in [0.717, 1.165) is 0 Å². The smallest absolute Gasteiger partial charge is 0.243 e. The third-order valence-electron chi connectivity index (χ3n) is 3.93. The van der Waals surface area contributed by atoms with Gasteiger partial charge in [0.1, 0.15) is 5.75 Å². The number of allylic oxidation sites excluding steroid dienone is 1. The van der Waals surface area contributed by atoms with Gasteiger partial charge in [-0.15, -0.1) is 6.58 Å². The number of amides is 1. The number of nitrogens with zero attached hydrogens (tertiary/aromatic N) is 2. The largest absolute Gasteiger partial charge is 0.494 e. The molecule has 6 nitrogen and oxygen atoms in total. The predicted octanol–water partition coefficient (Wildman–Crippen LogP) is 1.88.